The highest BCUT2D eigenvalue weighted by atomic mass is 16.7. The van der Waals surface area contributed by atoms with Crippen LogP contribution >= 0.6 is 0 Å². The van der Waals surface area contributed by atoms with Crippen molar-refractivity contribution < 1.29 is 19.3 Å². The van der Waals surface area contributed by atoms with Gasteiger partial charge in [0.05, 0.1) is 25.0 Å². The number of nitriles is 1. The zero-order chi connectivity index (χ0) is 21.1. The number of hydrogen-bond acceptors (Lipinski definition) is 6. The third-order valence-corrected chi connectivity index (χ3v) is 4.95. The molecule has 4 rings (SSSR count). The van der Waals surface area contributed by atoms with E-state index < -0.39 is 0 Å². The van der Waals surface area contributed by atoms with E-state index in [0.717, 1.165) is 33.7 Å². The lowest BCUT2D eigenvalue weighted by Gasteiger charge is -2.16. The second kappa shape index (κ2) is 8.27. The Morgan fingerprint density at radius 2 is 1.87 bits per heavy atom. The molecule has 0 saturated heterocycles. The van der Waals surface area contributed by atoms with E-state index in [2.05, 4.69) is 6.07 Å². The summed E-state index contributed by atoms with van der Waals surface area (Å²) in [4.78, 5) is 4.74. The minimum absolute atomic E-state index is 0.104. The lowest BCUT2D eigenvalue weighted by Crippen LogP contribution is -2.01. The smallest absolute Gasteiger partial charge is 0.231 e. The standard InChI is InChI=1S/C24H20N2O4/c1-15-19(4-3-11-27)23(16-5-8-18(28-2)9-6-16)20(13-25)24(26-15)17-7-10-21-22(12-17)30-14-29-21/h3-10,12,27H,11,14H2,1-2H3. The van der Waals surface area contributed by atoms with Crippen LogP contribution in [0.4, 0.5) is 0 Å². The van der Waals surface area contributed by atoms with E-state index in [0.29, 0.717) is 22.8 Å². The highest BCUT2D eigenvalue weighted by molar-refractivity contribution is 5.87. The molecular formula is C24H20N2O4. The number of benzene rings is 2. The molecule has 0 aliphatic carbocycles. The lowest BCUT2D eigenvalue weighted by atomic mass is 9.90. The van der Waals surface area contributed by atoms with Crippen molar-refractivity contribution in [3.05, 3.63) is 65.4 Å². The van der Waals surface area contributed by atoms with E-state index >= 15 is 0 Å². The van der Waals surface area contributed by atoms with Gasteiger partial charge in [-0.25, -0.2) is 0 Å². The fourth-order valence-corrected chi connectivity index (χ4v) is 3.51. The molecule has 1 aromatic heterocycles. The number of aliphatic hydroxyl groups excluding tert-OH is 1. The van der Waals surface area contributed by atoms with E-state index in [9.17, 15) is 10.4 Å². The lowest BCUT2D eigenvalue weighted by molar-refractivity contribution is 0.174. The molecule has 1 aliphatic heterocycles. The number of pyridine rings is 1. The molecule has 0 saturated carbocycles. The molecular weight excluding hydrogens is 380 g/mol. The summed E-state index contributed by atoms with van der Waals surface area (Å²) >= 11 is 0. The fraction of sp³-hybridized carbons (Fsp3) is 0.167. The van der Waals surface area contributed by atoms with Gasteiger partial charge in [-0.2, -0.15) is 5.26 Å². The Hall–Kier alpha value is -3.82. The first-order valence-corrected chi connectivity index (χ1v) is 9.42. The summed E-state index contributed by atoms with van der Waals surface area (Å²) < 4.78 is 16.2. The van der Waals surface area contributed by atoms with Crippen LogP contribution in [0.2, 0.25) is 0 Å². The van der Waals surface area contributed by atoms with Crippen LogP contribution in [0.1, 0.15) is 16.8 Å². The van der Waals surface area contributed by atoms with Crippen molar-refractivity contribution in [3.63, 3.8) is 0 Å². The summed E-state index contributed by atoms with van der Waals surface area (Å²) in [6.07, 6.45) is 3.44. The zero-order valence-corrected chi connectivity index (χ0v) is 16.7. The SMILES string of the molecule is COc1ccc(-c2c(C#N)c(-c3ccc4c(c3)OCO4)nc(C)c2C=CCO)cc1. The molecule has 30 heavy (non-hydrogen) atoms. The van der Waals surface area contributed by atoms with Crippen LogP contribution in [-0.2, 0) is 0 Å². The predicted octanol–water partition coefficient (Wildman–Crippen LogP) is 4.34. The topological polar surface area (TPSA) is 84.6 Å². The third kappa shape index (κ3) is 3.47. The van der Waals surface area contributed by atoms with Crippen LogP contribution in [0.5, 0.6) is 17.2 Å². The molecule has 2 heterocycles. The molecule has 0 atom stereocenters. The van der Waals surface area contributed by atoms with Crippen molar-refractivity contribution in [2.45, 2.75) is 6.92 Å². The number of aryl methyl sites for hydroxylation is 1. The van der Waals surface area contributed by atoms with E-state index in [-0.39, 0.29) is 13.4 Å². The highest BCUT2D eigenvalue weighted by Crippen LogP contribution is 2.40. The second-order valence-corrected chi connectivity index (χ2v) is 6.70. The van der Waals surface area contributed by atoms with Crippen LogP contribution in [-0.4, -0.2) is 30.6 Å². The molecule has 0 bridgehead atoms. The Morgan fingerprint density at radius 3 is 2.57 bits per heavy atom. The Balaban J connectivity index is 1.97. The maximum Gasteiger partial charge on any atom is 0.231 e. The van der Waals surface area contributed by atoms with Gasteiger partial charge >= 0.3 is 0 Å². The monoisotopic (exact) mass is 400 g/mol. The predicted molar refractivity (Wildman–Crippen MR) is 113 cm³/mol. The molecule has 0 spiro atoms. The normalized spacial score (nSPS) is 12.2. The molecule has 150 valence electrons. The van der Waals surface area contributed by atoms with Crippen molar-refractivity contribution in [2.24, 2.45) is 0 Å². The number of fused-ring (bicyclic) bond motifs is 1. The van der Waals surface area contributed by atoms with Crippen molar-refractivity contribution in [1.82, 2.24) is 4.98 Å². The summed E-state index contributed by atoms with van der Waals surface area (Å²) in [6.45, 7) is 1.97. The van der Waals surface area contributed by atoms with Gasteiger partial charge in [-0.05, 0) is 42.8 Å². The van der Waals surface area contributed by atoms with E-state index in [4.69, 9.17) is 19.2 Å². The molecule has 2 aromatic carbocycles. The van der Waals surface area contributed by atoms with Crippen LogP contribution in [0.3, 0.4) is 0 Å². The minimum Gasteiger partial charge on any atom is -0.497 e. The van der Waals surface area contributed by atoms with Gasteiger partial charge in [-0.1, -0.05) is 24.3 Å². The number of hydrogen-bond donors (Lipinski definition) is 1. The number of aromatic nitrogens is 1. The van der Waals surface area contributed by atoms with Gasteiger partial charge in [0.2, 0.25) is 6.79 Å². The van der Waals surface area contributed by atoms with Crippen molar-refractivity contribution in [1.29, 1.82) is 5.26 Å². The molecule has 0 radical (unpaired) electrons. The van der Waals surface area contributed by atoms with Gasteiger partial charge in [-0.15, -0.1) is 0 Å². The maximum atomic E-state index is 10.1. The van der Waals surface area contributed by atoms with Crippen molar-refractivity contribution >= 4 is 6.08 Å². The van der Waals surface area contributed by atoms with Gasteiger partial charge < -0.3 is 19.3 Å². The number of nitrogens with zero attached hydrogens (tertiary/aromatic N) is 2. The first kappa shape index (κ1) is 19.5. The van der Waals surface area contributed by atoms with Crippen molar-refractivity contribution in [2.75, 3.05) is 20.5 Å². The average Bonchev–Trinajstić information content (AvgIpc) is 3.25. The van der Waals surface area contributed by atoms with E-state index in [1.165, 1.54) is 0 Å². The minimum atomic E-state index is -0.104. The van der Waals surface area contributed by atoms with Crippen molar-refractivity contribution in [3.8, 4) is 45.7 Å². The largest absolute Gasteiger partial charge is 0.497 e. The summed E-state index contributed by atoms with van der Waals surface area (Å²) in [5.74, 6) is 2.03. The first-order valence-electron chi connectivity index (χ1n) is 9.42. The summed E-state index contributed by atoms with van der Waals surface area (Å²) in [5.41, 5.74) is 4.93. The Morgan fingerprint density at radius 1 is 1.13 bits per heavy atom. The Bertz CT molecular complexity index is 1160. The van der Waals surface area contributed by atoms with Crippen LogP contribution in [0.25, 0.3) is 28.5 Å². The molecule has 6 heteroatoms. The number of ether oxygens (including phenoxy) is 3. The molecule has 0 amide bonds. The number of rotatable bonds is 5. The summed E-state index contributed by atoms with van der Waals surface area (Å²) in [6, 6.07) is 15.4. The van der Waals surface area contributed by atoms with Crippen LogP contribution in [0.15, 0.2) is 48.5 Å². The number of methoxy groups -OCH3 is 1. The molecule has 1 N–H and O–H groups in total. The maximum absolute atomic E-state index is 10.1. The highest BCUT2D eigenvalue weighted by Gasteiger charge is 2.21. The fourth-order valence-electron chi connectivity index (χ4n) is 3.51. The van der Waals surface area contributed by atoms with Gasteiger partial charge in [0.25, 0.3) is 0 Å². The van der Waals surface area contributed by atoms with E-state index in [1.807, 2.05) is 49.4 Å². The molecule has 0 fully saturated rings. The zero-order valence-electron chi connectivity index (χ0n) is 16.7. The first-order chi connectivity index (χ1) is 14.7. The van der Waals surface area contributed by atoms with E-state index in [1.54, 1.807) is 19.3 Å². The van der Waals surface area contributed by atoms with Gasteiger partial charge in [0, 0.05) is 22.4 Å². The Kier molecular flexibility index (Phi) is 5.38. The van der Waals surface area contributed by atoms with Gasteiger partial charge in [0.1, 0.15) is 11.8 Å². The molecule has 1 aliphatic rings. The van der Waals surface area contributed by atoms with Gasteiger partial charge in [0.15, 0.2) is 11.5 Å². The Labute approximate surface area is 174 Å². The molecule has 3 aromatic rings. The number of aliphatic hydroxyl groups is 1. The van der Waals surface area contributed by atoms with Crippen LogP contribution < -0.4 is 14.2 Å². The molecule has 0 unspecified atom stereocenters. The summed E-state index contributed by atoms with van der Waals surface area (Å²) in [5, 5.41) is 19.4. The second-order valence-electron chi connectivity index (χ2n) is 6.70. The quantitative estimate of drug-likeness (QED) is 0.686. The van der Waals surface area contributed by atoms with Crippen LogP contribution in [0, 0.1) is 18.3 Å². The summed E-state index contributed by atoms with van der Waals surface area (Å²) in [7, 11) is 1.61. The molecule has 6 nitrogen and oxygen atoms in total. The average molecular weight is 400 g/mol. The third-order valence-electron chi connectivity index (χ3n) is 4.95. The van der Waals surface area contributed by atoms with Gasteiger partial charge in [-0.3, -0.25) is 4.98 Å².